The molecule has 2 atom stereocenters. The molecule has 1 aromatic heterocycles. The van der Waals surface area contributed by atoms with E-state index in [0.717, 1.165) is 25.0 Å². The summed E-state index contributed by atoms with van der Waals surface area (Å²) in [5.74, 6) is 0.398. The van der Waals surface area contributed by atoms with Gasteiger partial charge in [0.05, 0.1) is 22.7 Å². The minimum Gasteiger partial charge on any atom is -0.341 e. The van der Waals surface area contributed by atoms with Crippen molar-refractivity contribution in [1.29, 1.82) is 0 Å². The third-order valence-electron chi connectivity index (χ3n) is 4.34. The Bertz CT molecular complexity index is 623. The first-order valence-corrected chi connectivity index (χ1v) is 9.55. The number of fused-ring (bicyclic) bond motifs is 1. The SMILES string of the molecule is CN(C(=O)C1CCc2ncsc2C1)C1CCS(=O)(=O)C1. The zero-order valence-corrected chi connectivity index (χ0v) is 13.0. The van der Waals surface area contributed by atoms with Crippen molar-refractivity contribution in [1.82, 2.24) is 9.88 Å². The number of rotatable bonds is 2. The van der Waals surface area contributed by atoms with Crippen molar-refractivity contribution >= 4 is 27.1 Å². The monoisotopic (exact) mass is 314 g/mol. The van der Waals surface area contributed by atoms with Crippen molar-refractivity contribution in [3.05, 3.63) is 16.1 Å². The summed E-state index contributed by atoms with van der Waals surface area (Å²) in [7, 11) is -1.20. The summed E-state index contributed by atoms with van der Waals surface area (Å²) in [4.78, 5) is 19.7. The van der Waals surface area contributed by atoms with Gasteiger partial charge in [0.1, 0.15) is 0 Å². The molecule has 0 N–H and O–H groups in total. The molecule has 1 aromatic rings. The molecular formula is C13H18N2O3S2. The average Bonchev–Trinajstić information content (AvgIpc) is 3.02. The Morgan fingerprint density at radius 3 is 2.95 bits per heavy atom. The fourth-order valence-electron chi connectivity index (χ4n) is 3.06. The third-order valence-corrected chi connectivity index (χ3v) is 6.99. The number of carbonyl (C=O) groups is 1. The van der Waals surface area contributed by atoms with Crippen LogP contribution < -0.4 is 0 Å². The topological polar surface area (TPSA) is 67.3 Å². The van der Waals surface area contributed by atoms with Gasteiger partial charge in [0.25, 0.3) is 0 Å². The zero-order chi connectivity index (χ0) is 14.3. The number of carbonyl (C=O) groups excluding carboxylic acids is 1. The first-order valence-electron chi connectivity index (χ1n) is 6.84. The van der Waals surface area contributed by atoms with E-state index in [2.05, 4.69) is 4.98 Å². The van der Waals surface area contributed by atoms with Crippen LogP contribution in [0.3, 0.4) is 0 Å². The second-order valence-electron chi connectivity index (χ2n) is 5.67. The minimum absolute atomic E-state index is 0.0174. The molecule has 5 nitrogen and oxygen atoms in total. The van der Waals surface area contributed by atoms with Gasteiger partial charge in [-0.3, -0.25) is 4.79 Å². The summed E-state index contributed by atoms with van der Waals surface area (Å²) in [5.41, 5.74) is 2.97. The number of nitrogens with zero attached hydrogens (tertiary/aromatic N) is 2. The molecule has 1 aliphatic heterocycles. The highest BCUT2D eigenvalue weighted by atomic mass is 32.2. The standard InChI is InChI=1S/C13H18N2O3S2/c1-15(10-4-5-20(17,18)7-10)13(16)9-2-3-11-12(6-9)19-8-14-11/h8-10H,2-7H2,1H3. The molecule has 3 rings (SSSR count). The van der Waals surface area contributed by atoms with Crippen LogP contribution >= 0.6 is 11.3 Å². The van der Waals surface area contributed by atoms with Crippen molar-refractivity contribution in [2.24, 2.45) is 5.92 Å². The Hall–Kier alpha value is -0.950. The molecule has 0 bridgehead atoms. The quantitative estimate of drug-likeness (QED) is 0.813. The highest BCUT2D eigenvalue weighted by Gasteiger charge is 2.36. The van der Waals surface area contributed by atoms with E-state index in [1.807, 2.05) is 5.51 Å². The molecule has 2 unspecified atom stereocenters. The maximum atomic E-state index is 12.5. The van der Waals surface area contributed by atoms with Crippen LogP contribution in [0.25, 0.3) is 0 Å². The minimum atomic E-state index is -2.95. The highest BCUT2D eigenvalue weighted by Crippen LogP contribution is 2.29. The lowest BCUT2D eigenvalue weighted by atomic mass is 9.89. The lowest BCUT2D eigenvalue weighted by molar-refractivity contribution is -0.136. The summed E-state index contributed by atoms with van der Waals surface area (Å²) in [6.45, 7) is 0. The summed E-state index contributed by atoms with van der Waals surface area (Å²) >= 11 is 1.61. The van der Waals surface area contributed by atoms with Gasteiger partial charge >= 0.3 is 0 Å². The molecular weight excluding hydrogens is 296 g/mol. The van der Waals surface area contributed by atoms with E-state index in [0.29, 0.717) is 6.42 Å². The number of sulfone groups is 1. The smallest absolute Gasteiger partial charge is 0.226 e. The predicted octanol–water partition coefficient (Wildman–Crippen LogP) is 0.893. The summed E-state index contributed by atoms with van der Waals surface area (Å²) in [6.07, 6.45) is 3.00. The van der Waals surface area contributed by atoms with Crippen LogP contribution in [-0.4, -0.2) is 48.8 Å². The van der Waals surface area contributed by atoms with Gasteiger partial charge in [-0.1, -0.05) is 0 Å². The highest BCUT2D eigenvalue weighted by molar-refractivity contribution is 7.91. The van der Waals surface area contributed by atoms with Gasteiger partial charge in [-0.25, -0.2) is 13.4 Å². The van der Waals surface area contributed by atoms with Crippen LogP contribution in [-0.2, 0) is 27.5 Å². The first-order chi connectivity index (χ1) is 9.46. The van der Waals surface area contributed by atoms with Gasteiger partial charge < -0.3 is 4.90 Å². The fraction of sp³-hybridized carbons (Fsp3) is 0.692. The van der Waals surface area contributed by atoms with Crippen molar-refractivity contribution in [3.63, 3.8) is 0 Å². The van der Waals surface area contributed by atoms with Gasteiger partial charge in [-0.15, -0.1) is 11.3 Å². The lowest BCUT2D eigenvalue weighted by Gasteiger charge is -2.29. The molecule has 1 amide bonds. The van der Waals surface area contributed by atoms with E-state index < -0.39 is 9.84 Å². The van der Waals surface area contributed by atoms with Crippen molar-refractivity contribution in [2.45, 2.75) is 31.7 Å². The second-order valence-corrected chi connectivity index (χ2v) is 8.84. The van der Waals surface area contributed by atoms with E-state index in [9.17, 15) is 13.2 Å². The lowest BCUT2D eigenvalue weighted by Crippen LogP contribution is -2.42. The molecule has 7 heteroatoms. The molecule has 0 radical (unpaired) electrons. The van der Waals surface area contributed by atoms with Gasteiger partial charge in [0, 0.05) is 23.9 Å². The predicted molar refractivity (Wildman–Crippen MR) is 77.5 cm³/mol. The summed E-state index contributed by atoms with van der Waals surface area (Å²) in [5, 5.41) is 0. The number of thiazole rings is 1. The van der Waals surface area contributed by atoms with Crippen LogP contribution in [0.2, 0.25) is 0 Å². The number of aromatic nitrogens is 1. The maximum absolute atomic E-state index is 12.5. The Labute approximate surface area is 122 Å². The molecule has 1 aliphatic carbocycles. The molecule has 1 saturated heterocycles. The molecule has 1 fully saturated rings. The number of hydrogen-bond acceptors (Lipinski definition) is 5. The maximum Gasteiger partial charge on any atom is 0.226 e. The normalized spacial score (nSPS) is 28.1. The van der Waals surface area contributed by atoms with E-state index >= 15 is 0 Å². The molecule has 2 heterocycles. The fourth-order valence-corrected chi connectivity index (χ4v) is 5.73. The Morgan fingerprint density at radius 1 is 1.45 bits per heavy atom. The summed E-state index contributed by atoms with van der Waals surface area (Å²) < 4.78 is 23.1. The van der Waals surface area contributed by atoms with Crippen LogP contribution in [0, 0.1) is 5.92 Å². The number of aryl methyl sites for hydroxylation is 1. The molecule has 0 saturated carbocycles. The second kappa shape index (κ2) is 5.11. The molecule has 0 spiro atoms. The van der Waals surface area contributed by atoms with Crippen LogP contribution in [0.4, 0.5) is 0 Å². The van der Waals surface area contributed by atoms with Gasteiger partial charge in [0.15, 0.2) is 9.84 Å². The number of hydrogen-bond donors (Lipinski definition) is 0. The largest absolute Gasteiger partial charge is 0.341 e. The third kappa shape index (κ3) is 2.61. The molecule has 110 valence electrons. The van der Waals surface area contributed by atoms with E-state index in [-0.39, 0.29) is 29.4 Å². The Morgan fingerprint density at radius 2 is 2.25 bits per heavy atom. The van der Waals surface area contributed by atoms with E-state index in [1.54, 1.807) is 23.3 Å². The summed E-state index contributed by atoms with van der Waals surface area (Å²) in [6, 6.07) is -0.143. The average molecular weight is 314 g/mol. The van der Waals surface area contributed by atoms with Gasteiger partial charge in [-0.05, 0) is 25.7 Å². The van der Waals surface area contributed by atoms with Crippen molar-refractivity contribution in [2.75, 3.05) is 18.6 Å². The van der Waals surface area contributed by atoms with E-state index in [4.69, 9.17) is 0 Å². The van der Waals surface area contributed by atoms with Crippen molar-refractivity contribution in [3.8, 4) is 0 Å². The van der Waals surface area contributed by atoms with Gasteiger partial charge in [0.2, 0.25) is 5.91 Å². The van der Waals surface area contributed by atoms with Gasteiger partial charge in [-0.2, -0.15) is 0 Å². The zero-order valence-electron chi connectivity index (χ0n) is 11.4. The molecule has 20 heavy (non-hydrogen) atoms. The van der Waals surface area contributed by atoms with Crippen LogP contribution in [0.5, 0.6) is 0 Å². The van der Waals surface area contributed by atoms with Crippen LogP contribution in [0.15, 0.2) is 5.51 Å². The van der Waals surface area contributed by atoms with Crippen molar-refractivity contribution < 1.29 is 13.2 Å². The molecule has 2 aliphatic rings. The van der Waals surface area contributed by atoms with Crippen LogP contribution in [0.1, 0.15) is 23.4 Å². The molecule has 0 aromatic carbocycles. The Kier molecular flexibility index (Phi) is 3.58. The van der Waals surface area contributed by atoms with E-state index in [1.165, 1.54) is 4.88 Å². The first kappa shape index (κ1) is 14.0. The number of amides is 1. The Balaban J connectivity index is 1.68.